The molecule has 0 bridgehead atoms. The van der Waals surface area contributed by atoms with Crippen LogP contribution in [0.15, 0.2) is 22.7 Å². The van der Waals surface area contributed by atoms with Crippen molar-refractivity contribution in [3.8, 4) is 0 Å². The first-order chi connectivity index (χ1) is 8.62. The topological polar surface area (TPSA) is 58.3 Å². The van der Waals surface area contributed by atoms with Gasteiger partial charge in [0, 0.05) is 34.7 Å². The molecule has 0 spiro atoms. The Hall–Kier alpha value is -0.130. The molecule has 0 aliphatic heterocycles. The summed E-state index contributed by atoms with van der Waals surface area (Å²) in [7, 11) is 0. The van der Waals surface area contributed by atoms with Crippen LogP contribution in [0.5, 0.6) is 0 Å². The van der Waals surface area contributed by atoms with Crippen molar-refractivity contribution in [1.29, 1.82) is 0 Å². The molecule has 0 fully saturated rings. The molecule has 0 heterocycles. The van der Waals surface area contributed by atoms with E-state index < -0.39 is 0 Å². The van der Waals surface area contributed by atoms with E-state index in [0.29, 0.717) is 11.6 Å². The van der Waals surface area contributed by atoms with Crippen LogP contribution < -0.4 is 11.1 Å². The zero-order chi connectivity index (χ0) is 13.5. The first kappa shape index (κ1) is 15.9. The number of nitrogens with one attached hydrogen (secondary N) is 1. The van der Waals surface area contributed by atoms with Crippen LogP contribution in [-0.4, -0.2) is 24.3 Å². The van der Waals surface area contributed by atoms with Crippen LogP contribution in [0.2, 0.25) is 5.02 Å². The van der Waals surface area contributed by atoms with E-state index in [-0.39, 0.29) is 18.7 Å². The van der Waals surface area contributed by atoms with Crippen molar-refractivity contribution in [2.45, 2.75) is 31.8 Å². The number of rotatable bonds is 7. The van der Waals surface area contributed by atoms with Gasteiger partial charge in [-0.3, -0.25) is 0 Å². The highest BCUT2D eigenvalue weighted by atomic mass is 79.9. The van der Waals surface area contributed by atoms with E-state index >= 15 is 0 Å². The second-order valence-corrected chi connectivity index (χ2v) is 5.56. The fraction of sp³-hybridized carbons (Fsp3) is 0.538. The smallest absolute Gasteiger partial charge is 0.0465 e. The number of hydrogen-bond donors (Lipinski definition) is 3. The minimum Gasteiger partial charge on any atom is -0.396 e. The van der Waals surface area contributed by atoms with Crippen molar-refractivity contribution in [3.63, 3.8) is 0 Å². The Morgan fingerprint density at radius 3 is 2.72 bits per heavy atom. The molecule has 102 valence electrons. The van der Waals surface area contributed by atoms with Crippen molar-refractivity contribution in [1.82, 2.24) is 5.32 Å². The molecule has 0 aliphatic rings. The average Bonchev–Trinajstić information content (AvgIpc) is 2.35. The van der Waals surface area contributed by atoms with Crippen LogP contribution >= 0.6 is 27.5 Å². The Bertz CT molecular complexity index is 376. The Morgan fingerprint density at radius 2 is 2.22 bits per heavy atom. The summed E-state index contributed by atoms with van der Waals surface area (Å²) in [5, 5.41) is 13.2. The number of aliphatic hydroxyl groups excluding tert-OH is 1. The Balaban J connectivity index is 2.81. The molecular formula is C13H20BrClN2O. The Kier molecular flexibility index (Phi) is 7.19. The summed E-state index contributed by atoms with van der Waals surface area (Å²) in [6.45, 7) is 2.74. The van der Waals surface area contributed by atoms with E-state index in [2.05, 4.69) is 28.2 Å². The molecule has 0 saturated heterocycles. The standard InChI is InChI=1S/C13H20BrClN2O/c1-2-10(5-6-18)17-13(8-16)11-4-3-9(14)7-12(11)15/h3-4,7,10,13,17-18H,2,5-6,8,16H2,1H3. The van der Waals surface area contributed by atoms with Gasteiger partial charge in [-0.25, -0.2) is 0 Å². The van der Waals surface area contributed by atoms with Gasteiger partial charge in [-0.05, 0) is 30.5 Å². The first-order valence-electron chi connectivity index (χ1n) is 6.14. The summed E-state index contributed by atoms with van der Waals surface area (Å²) in [5.41, 5.74) is 6.81. The van der Waals surface area contributed by atoms with Gasteiger partial charge < -0.3 is 16.2 Å². The molecule has 0 saturated carbocycles. The van der Waals surface area contributed by atoms with Crippen molar-refractivity contribution in [3.05, 3.63) is 33.3 Å². The lowest BCUT2D eigenvalue weighted by Crippen LogP contribution is -2.37. The molecule has 5 heteroatoms. The fourth-order valence-corrected chi connectivity index (χ4v) is 2.72. The average molecular weight is 336 g/mol. The third kappa shape index (κ3) is 4.52. The van der Waals surface area contributed by atoms with Crippen LogP contribution in [-0.2, 0) is 0 Å². The van der Waals surface area contributed by atoms with Gasteiger partial charge in [-0.1, -0.05) is 40.5 Å². The maximum Gasteiger partial charge on any atom is 0.0465 e. The highest BCUT2D eigenvalue weighted by molar-refractivity contribution is 9.10. The molecular weight excluding hydrogens is 316 g/mol. The molecule has 4 N–H and O–H groups in total. The molecule has 2 atom stereocenters. The molecule has 0 aliphatic carbocycles. The highest BCUT2D eigenvalue weighted by Crippen LogP contribution is 2.26. The van der Waals surface area contributed by atoms with Gasteiger partial charge in [-0.2, -0.15) is 0 Å². The van der Waals surface area contributed by atoms with Gasteiger partial charge in [-0.15, -0.1) is 0 Å². The maximum absolute atomic E-state index is 9.01. The SMILES string of the molecule is CCC(CCO)NC(CN)c1ccc(Br)cc1Cl. The van der Waals surface area contributed by atoms with Gasteiger partial charge in [0.2, 0.25) is 0 Å². The molecule has 2 unspecified atom stereocenters. The molecule has 0 radical (unpaired) electrons. The van der Waals surface area contributed by atoms with Crippen LogP contribution in [0.25, 0.3) is 0 Å². The molecule has 3 nitrogen and oxygen atoms in total. The van der Waals surface area contributed by atoms with E-state index in [4.69, 9.17) is 22.4 Å². The van der Waals surface area contributed by atoms with Gasteiger partial charge in [0.1, 0.15) is 0 Å². The lowest BCUT2D eigenvalue weighted by molar-refractivity contribution is 0.256. The summed E-state index contributed by atoms with van der Waals surface area (Å²) >= 11 is 9.62. The quantitative estimate of drug-likeness (QED) is 0.718. The lowest BCUT2D eigenvalue weighted by atomic mass is 10.0. The second kappa shape index (κ2) is 8.12. The summed E-state index contributed by atoms with van der Waals surface area (Å²) in [5.74, 6) is 0. The Morgan fingerprint density at radius 1 is 1.50 bits per heavy atom. The number of halogens is 2. The second-order valence-electron chi connectivity index (χ2n) is 4.24. The van der Waals surface area contributed by atoms with Crippen LogP contribution in [0.1, 0.15) is 31.4 Å². The van der Waals surface area contributed by atoms with Crippen molar-refractivity contribution in [2.24, 2.45) is 5.73 Å². The summed E-state index contributed by atoms with van der Waals surface area (Å²) in [6.07, 6.45) is 1.67. The van der Waals surface area contributed by atoms with Crippen molar-refractivity contribution >= 4 is 27.5 Å². The van der Waals surface area contributed by atoms with Crippen molar-refractivity contribution < 1.29 is 5.11 Å². The van der Waals surface area contributed by atoms with Gasteiger partial charge in [0.15, 0.2) is 0 Å². The Labute approximate surface area is 122 Å². The molecule has 18 heavy (non-hydrogen) atoms. The molecule has 1 aromatic carbocycles. The fourth-order valence-electron chi connectivity index (χ4n) is 1.91. The third-order valence-electron chi connectivity index (χ3n) is 2.98. The van der Waals surface area contributed by atoms with Gasteiger partial charge in [0.05, 0.1) is 0 Å². The van der Waals surface area contributed by atoms with E-state index in [1.165, 1.54) is 0 Å². The van der Waals surface area contributed by atoms with Crippen LogP contribution in [0.3, 0.4) is 0 Å². The van der Waals surface area contributed by atoms with E-state index in [1.807, 2.05) is 18.2 Å². The van der Waals surface area contributed by atoms with E-state index in [9.17, 15) is 0 Å². The lowest BCUT2D eigenvalue weighted by Gasteiger charge is -2.24. The summed E-state index contributed by atoms with van der Waals surface area (Å²) < 4.78 is 0.953. The molecule has 1 rings (SSSR count). The maximum atomic E-state index is 9.01. The molecule has 0 aromatic heterocycles. The molecule has 0 amide bonds. The van der Waals surface area contributed by atoms with Crippen LogP contribution in [0, 0.1) is 0 Å². The van der Waals surface area contributed by atoms with Gasteiger partial charge in [0.25, 0.3) is 0 Å². The van der Waals surface area contributed by atoms with Crippen molar-refractivity contribution in [2.75, 3.05) is 13.2 Å². The number of aliphatic hydroxyl groups is 1. The van der Waals surface area contributed by atoms with E-state index in [0.717, 1.165) is 22.9 Å². The highest BCUT2D eigenvalue weighted by Gasteiger charge is 2.16. The zero-order valence-electron chi connectivity index (χ0n) is 10.5. The largest absolute Gasteiger partial charge is 0.396 e. The number of hydrogen-bond acceptors (Lipinski definition) is 3. The van der Waals surface area contributed by atoms with Gasteiger partial charge >= 0.3 is 0 Å². The monoisotopic (exact) mass is 334 g/mol. The minimum absolute atomic E-state index is 0.0158. The first-order valence-corrected chi connectivity index (χ1v) is 7.31. The third-order valence-corrected chi connectivity index (χ3v) is 3.80. The predicted octanol–water partition coefficient (Wildman–Crippen LogP) is 2.85. The normalized spacial score (nSPS) is 14.5. The summed E-state index contributed by atoms with van der Waals surface area (Å²) in [6, 6.07) is 6.07. The van der Waals surface area contributed by atoms with Crippen LogP contribution in [0.4, 0.5) is 0 Å². The number of nitrogens with two attached hydrogens (primary N) is 1. The van der Waals surface area contributed by atoms with E-state index in [1.54, 1.807) is 0 Å². The zero-order valence-corrected chi connectivity index (χ0v) is 12.8. The minimum atomic E-state index is 0.0158. The number of benzene rings is 1. The molecule has 1 aromatic rings. The summed E-state index contributed by atoms with van der Waals surface area (Å²) in [4.78, 5) is 0. The predicted molar refractivity (Wildman–Crippen MR) is 79.9 cm³/mol.